The molecule has 1 amide bonds. The molecule has 6 heteroatoms. The maximum atomic E-state index is 11.5. The summed E-state index contributed by atoms with van der Waals surface area (Å²) in [5.74, 6) is 0.653. The Bertz CT molecular complexity index is 515. The van der Waals surface area contributed by atoms with Gasteiger partial charge in [-0.25, -0.2) is 4.99 Å². The molecule has 0 heterocycles. The lowest BCUT2D eigenvalue weighted by molar-refractivity contribution is -0.119. The highest BCUT2D eigenvalue weighted by Crippen LogP contribution is 2.47. The molecule has 0 spiro atoms. The van der Waals surface area contributed by atoms with Gasteiger partial charge in [-0.1, -0.05) is 30.3 Å². The number of halogens is 1. The van der Waals surface area contributed by atoms with Crippen molar-refractivity contribution in [2.24, 2.45) is 4.99 Å². The quantitative estimate of drug-likeness (QED) is 0.353. The summed E-state index contributed by atoms with van der Waals surface area (Å²) < 4.78 is 0. The van der Waals surface area contributed by atoms with Gasteiger partial charge in [0, 0.05) is 25.0 Å². The smallest absolute Gasteiger partial charge is 0.241 e. The molecule has 0 aromatic heterocycles. The highest BCUT2D eigenvalue weighted by Gasteiger charge is 2.43. The molecule has 0 radical (unpaired) electrons. The number of likely N-dealkylation sites (N-methyl/N-ethyl adjacent to an activating group) is 1. The minimum atomic E-state index is -0.0519. The van der Waals surface area contributed by atoms with Gasteiger partial charge in [0.1, 0.15) is 6.54 Å². The topological polar surface area (TPSA) is 65.5 Å². The largest absolute Gasteiger partial charge is 0.357 e. The van der Waals surface area contributed by atoms with Gasteiger partial charge < -0.3 is 16.0 Å². The average Bonchev–Trinajstić information content (AvgIpc) is 3.32. The van der Waals surface area contributed by atoms with E-state index in [-0.39, 0.29) is 41.8 Å². The lowest BCUT2D eigenvalue weighted by atomic mass is 9.96. The molecule has 1 aliphatic carbocycles. The standard InChI is InChI=1S/C17H26N4O.HI/c1-3-18-15(22)12-20-16(19-4-2)21-13-17(10-11-17)14-8-6-5-7-9-14;/h5-9H,3-4,10-13H2,1-2H3,(H,18,22)(H2,19,20,21);1H. The van der Waals surface area contributed by atoms with Crippen molar-refractivity contribution >= 4 is 35.8 Å². The molecule has 5 nitrogen and oxygen atoms in total. The van der Waals surface area contributed by atoms with Crippen LogP contribution in [-0.2, 0) is 10.2 Å². The van der Waals surface area contributed by atoms with E-state index in [1.165, 1.54) is 18.4 Å². The van der Waals surface area contributed by atoms with E-state index in [0.29, 0.717) is 12.5 Å². The molecule has 1 saturated carbocycles. The zero-order valence-electron chi connectivity index (χ0n) is 13.9. The summed E-state index contributed by atoms with van der Waals surface area (Å²) >= 11 is 0. The van der Waals surface area contributed by atoms with Crippen LogP contribution >= 0.6 is 24.0 Å². The molecule has 1 aliphatic rings. The molecule has 3 N–H and O–H groups in total. The van der Waals surface area contributed by atoms with Gasteiger partial charge >= 0.3 is 0 Å². The molecule has 0 aliphatic heterocycles. The molecule has 0 atom stereocenters. The molecule has 0 unspecified atom stereocenters. The van der Waals surface area contributed by atoms with Crippen LogP contribution in [-0.4, -0.2) is 38.0 Å². The second-order valence-corrected chi connectivity index (χ2v) is 5.65. The Hall–Kier alpha value is -1.31. The fourth-order valence-electron chi connectivity index (χ4n) is 2.51. The monoisotopic (exact) mass is 430 g/mol. The highest BCUT2D eigenvalue weighted by atomic mass is 127. The third kappa shape index (κ3) is 6.01. The number of carbonyl (C=O) groups excluding carboxylic acids is 1. The number of amides is 1. The number of rotatable bonds is 7. The molecular weight excluding hydrogens is 403 g/mol. The first-order chi connectivity index (χ1) is 10.7. The van der Waals surface area contributed by atoms with Crippen LogP contribution in [0.2, 0.25) is 0 Å². The SMILES string of the molecule is CCNC(=O)CN=C(NCC)NCC1(c2ccccc2)CC1.I. The predicted molar refractivity (Wildman–Crippen MR) is 105 cm³/mol. The Morgan fingerprint density at radius 1 is 1.09 bits per heavy atom. The Balaban J connectivity index is 0.00000264. The van der Waals surface area contributed by atoms with E-state index in [1.54, 1.807) is 0 Å². The maximum Gasteiger partial charge on any atom is 0.241 e. The van der Waals surface area contributed by atoms with Gasteiger partial charge in [0.15, 0.2) is 5.96 Å². The van der Waals surface area contributed by atoms with Crippen LogP contribution in [0.1, 0.15) is 32.3 Å². The van der Waals surface area contributed by atoms with Crippen molar-refractivity contribution in [1.82, 2.24) is 16.0 Å². The van der Waals surface area contributed by atoms with Crippen LogP contribution in [0.3, 0.4) is 0 Å². The third-order valence-electron chi connectivity index (χ3n) is 3.93. The molecule has 128 valence electrons. The summed E-state index contributed by atoms with van der Waals surface area (Å²) in [7, 11) is 0. The molecule has 2 rings (SSSR count). The van der Waals surface area contributed by atoms with Gasteiger partial charge in [-0.05, 0) is 32.3 Å². The Kier molecular flexibility index (Phi) is 8.36. The first kappa shape index (κ1) is 19.7. The van der Waals surface area contributed by atoms with E-state index in [4.69, 9.17) is 0 Å². The van der Waals surface area contributed by atoms with E-state index >= 15 is 0 Å². The summed E-state index contributed by atoms with van der Waals surface area (Å²) in [6, 6.07) is 10.6. The van der Waals surface area contributed by atoms with Crippen LogP contribution < -0.4 is 16.0 Å². The lowest BCUT2D eigenvalue weighted by Crippen LogP contribution is -2.42. The number of nitrogens with zero attached hydrogens (tertiary/aromatic N) is 1. The molecule has 0 bridgehead atoms. The van der Waals surface area contributed by atoms with E-state index in [2.05, 4.69) is 45.2 Å². The molecular formula is C17H27IN4O. The molecule has 23 heavy (non-hydrogen) atoms. The first-order valence-electron chi connectivity index (χ1n) is 8.04. The second-order valence-electron chi connectivity index (χ2n) is 5.65. The van der Waals surface area contributed by atoms with E-state index in [9.17, 15) is 4.79 Å². The normalized spacial score (nSPS) is 15.3. The van der Waals surface area contributed by atoms with Crippen molar-refractivity contribution in [2.45, 2.75) is 32.1 Å². The van der Waals surface area contributed by atoms with E-state index in [0.717, 1.165) is 13.1 Å². The van der Waals surface area contributed by atoms with Gasteiger partial charge in [0.05, 0.1) is 0 Å². The van der Waals surface area contributed by atoms with Gasteiger partial charge in [-0.3, -0.25) is 4.79 Å². The summed E-state index contributed by atoms with van der Waals surface area (Å²) in [5.41, 5.74) is 1.60. The fourth-order valence-corrected chi connectivity index (χ4v) is 2.51. The van der Waals surface area contributed by atoms with Crippen LogP contribution in [0.4, 0.5) is 0 Å². The zero-order valence-corrected chi connectivity index (χ0v) is 16.2. The van der Waals surface area contributed by atoms with Crippen molar-refractivity contribution in [3.05, 3.63) is 35.9 Å². The summed E-state index contributed by atoms with van der Waals surface area (Å²) in [6.45, 7) is 6.34. The van der Waals surface area contributed by atoms with E-state index in [1.807, 2.05) is 19.9 Å². The minimum absolute atomic E-state index is 0. The molecule has 1 aromatic rings. The minimum Gasteiger partial charge on any atom is -0.357 e. The Labute approximate surface area is 155 Å². The number of benzene rings is 1. The number of hydrogen-bond donors (Lipinski definition) is 3. The third-order valence-corrected chi connectivity index (χ3v) is 3.93. The van der Waals surface area contributed by atoms with Crippen molar-refractivity contribution in [1.29, 1.82) is 0 Å². The highest BCUT2D eigenvalue weighted by molar-refractivity contribution is 14.0. The van der Waals surface area contributed by atoms with Crippen LogP contribution in [0, 0.1) is 0 Å². The van der Waals surface area contributed by atoms with Crippen LogP contribution in [0.15, 0.2) is 35.3 Å². The molecule has 0 saturated heterocycles. The fraction of sp³-hybridized carbons (Fsp3) is 0.529. The zero-order chi connectivity index (χ0) is 15.8. The first-order valence-corrected chi connectivity index (χ1v) is 8.04. The van der Waals surface area contributed by atoms with Crippen molar-refractivity contribution in [2.75, 3.05) is 26.2 Å². The Morgan fingerprint density at radius 2 is 1.74 bits per heavy atom. The lowest BCUT2D eigenvalue weighted by Gasteiger charge is -2.19. The molecule has 1 fully saturated rings. The second kappa shape index (κ2) is 9.75. The number of carbonyl (C=O) groups is 1. The summed E-state index contributed by atoms with van der Waals surface area (Å²) in [5, 5.41) is 9.32. The van der Waals surface area contributed by atoms with E-state index < -0.39 is 0 Å². The van der Waals surface area contributed by atoms with Gasteiger partial charge in [0.2, 0.25) is 5.91 Å². The number of nitrogens with one attached hydrogen (secondary N) is 3. The number of aliphatic imine (C=N–C) groups is 1. The summed E-state index contributed by atoms with van der Waals surface area (Å²) in [4.78, 5) is 15.9. The number of hydrogen-bond acceptors (Lipinski definition) is 2. The van der Waals surface area contributed by atoms with Gasteiger partial charge in [0.25, 0.3) is 0 Å². The maximum absolute atomic E-state index is 11.5. The summed E-state index contributed by atoms with van der Waals surface area (Å²) in [6.07, 6.45) is 2.39. The van der Waals surface area contributed by atoms with Crippen LogP contribution in [0.5, 0.6) is 0 Å². The Morgan fingerprint density at radius 3 is 2.30 bits per heavy atom. The predicted octanol–water partition coefficient (Wildman–Crippen LogP) is 2.03. The van der Waals surface area contributed by atoms with Crippen LogP contribution in [0.25, 0.3) is 0 Å². The van der Waals surface area contributed by atoms with Crippen molar-refractivity contribution < 1.29 is 4.79 Å². The number of guanidine groups is 1. The average molecular weight is 430 g/mol. The van der Waals surface area contributed by atoms with Gasteiger partial charge in [-0.2, -0.15) is 0 Å². The van der Waals surface area contributed by atoms with Crippen molar-refractivity contribution in [3.8, 4) is 0 Å². The van der Waals surface area contributed by atoms with Gasteiger partial charge in [-0.15, -0.1) is 24.0 Å². The van der Waals surface area contributed by atoms with Crippen molar-refractivity contribution in [3.63, 3.8) is 0 Å². The molecule has 1 aromatic carbocycles.